The number of rotatable bonds is 4. The Labute approximate surface area is 124 Å². The van der Waals surface area contributed by atoms with E-state index in [2.05, 4.69) is 5.32 Å². The molecule has 1 atom stereocenters. The SMILES string of the molecule is O=C(NC1(Cc2cccc(F)c2)CCC1)[C@@H]1CCCOC1. The minimum atomic E-state index is -0.214. The summed E-state index contributed by atoms with van der Waals surface area (Å²) in [6.07, 6.45) is 5.64. The Morgan fingerprint density at radius 2 is 2.24 bits per heavy atom. The molecule has 1 N–H and O–H groups in total. The Morgan fingerprint density at radius 3 is 2.86 bits per heavy atom. The fraction of sp³-hybridized carbons (Fsp3) is 0.588. The van der Waals surface area contributed by atoms with E-state index < -0.39 is 0 Å². The number of hydrogen-bond acceptors (Lipinski definition) is 2. The zero-order chi connectivity index (χ0) is 14.7. The van der Waals surface area contributed by atoms with Crippen molar-refractivity contribution < 1.29 is 13.9 Å². The Kier molecular flexibility index (Phi) is 4.24. The topological polar surface area (TPSA) is 38.3 Å². The minimum absolute atomic E-state index is 0.0243. The largest absolute Gasteiger partial charge is 0.381 e. The Bertz CT molecular complexity index is 507. The van der Waals surface area contributed by atoms with Crippen molar-refractivity contribution in [2.24, 2.45) is 5.92 Å². The first-order valence-electron chi connectivity index (χ1n) is 7.81. The quantitative estimate of drug-likeness (QED) is 0.926. The molecule has 2 fully saturated rings. The van der Waals surface area contributed by atoms with Crippen molar-refractivity contribution in [1.82, 2.24) is 5.32 Å². The summed E-state index contributed by atoms with van der Waals surface area (Å²) in [6.45, 7) is 1.29. The zero-order valence-electron chi connectivity index (χ0n) is 12.2. The molecule has 2 aliphatic rings. The summed E-state index contributed by atoms with van der Waals surface area (Å²) in [4.78, 5) is 12.4. The van der Waals surface area contributed by atoms with Crippen LogP contribution in [0.3, 0.4) is 0 Å². The highest BCUT2D eigenvalue weighted by Gasteiger charge is 2.39. The van der Waals surface area contributed by atoms with Gasteiger partial charge in [-0.05, 0) is 56.2 Å². The number of benzene rings is 1. The summed E-state index contributed by atoms with van der Waals surface area (Å²) in [6, 6.07) is 6.68. The molecule has 114 valence electrons. The third-order valence-electron chi connectivity index (χ3n) is 4.66. The van der Waals surface area contributed by atoms with Gasteiger partial charge in [0.1, 0.15) is 5.82 Å². The number of carbonyl (C=O) groups excluding carboxylic acids is 1. The van der Waals surface area contributed by atoms with Gasteiger partial charge in [0, 0.05) is 12.1 Å². The molecule has 1 aromatic carbocycles. The van der Waals surface area contributed by atoms with Crippen LogP contribution in [0.15, 0.2) is 24.3 Å². The van der Waals surface area contributed by atoms with Crippen LogP contribution in [0.2, 0.25) is 0 Å². The molecule has 0 aromatic heterocycles. The van der Waals surface area contributed by atoms with Crippen LogP contribution in [0.1, 0.15) is 37.7 Å². The van der Waals surface area contributed by atoms with Gasteiger partial charge >= 0.3 is 0 Å². The van der Waals surface area contributed by atoms with Gasteiger partial charge in [-0.2, -0.15) is 0 Å². The second-order valence-electron chi connectivity index (χ2n) is 6.34. The van der Waals surface area contributed by atoms with Crippen molar-refractivity contribution in [3.05, 3.63) is 35.6 Å². The van der Waals surface area contributed by atoms with Crippen molar-refractivity contribution in [1.29, 1.82) is 0 Å². The molecule has 0 bridgehead atoms. The maximum Gasteiger partial charge on any atom is 0.225 e. The molecule has 0 radical (unpaired) electrons. The highest BCUT2D eigenvalue weighted by atomic mass is 19.1. The Morgan fingerprint density at radius 1 is 1.38 bits per heavy atom. The molecule has 1 saturated heterocycles. The lowest BCUT2D eigenvalue weighted by Crippen LogP contribution is -2.57. The van der Waals surface area contributed by atoms with Crippen molar-refractivity contribution in [3.8, 4) is 0 Å². The van der Waals surface area contributed by atoms with E-state index in [-0.39, 0.29) is 23.2 Å². The van der Waals surface area contributed by atoms with E-state index in [1.54, 1.807) is 12.1 Å². The lowest BCUT2D eigenvalue weighted by atomic mass is 9.72. The number of hydrogen-bond donors (Lipinski definition) is 1. The summed E-state index contributed by atoms with van der Waals surface area (Å²) in [5.74, 6) is -0.136. The van der Waals surface area contributed by atoms with E-state index in [1.165, 1.54) is 6.07 Å². The molecule has 1 heterocycles. The van der Waals surface area contributed by atoms with Crippen LogP contribution < -0.4 is 5.32 Å². The van der Waals surface area contributed by atoms with Gasteiger partial charge < -0.3 is 10.1 Å². The van der Waals surface area contributed by atoms with Crippen LogP contribution in [0.25, 0.3) is 0 Å². The lowest BCUT2D eigenvalue weighted by molar-refractivity contribution is -0.132. The molecule has 1 aliphatic heterocycles. The number of ether oxygens (including phenoxy) is 1. The number of amides is 1. The van der Waals surface area contributed by atoms with Crippen LogP contribution >= 0.6 is 0 Å². The summed E-state index contributed by atoms with van der Waals surface area (Å²) in [7, 11) is 0. The molecule has 4 heteroatoms. The first kappa shape index (κ1) is 14.5. The predicted octanol–water partition coefficient (Wildman–Crippen LogP) is 2.83. The first-order chi connectivity index (χ1) is 10.2. The van der Waals surface area contributed by atoms with Gasteiger partial charge in [-0.25, -0.2) is 4.39 Å². The number of nitrogens with one attached hydrogen (secondary N) is 1. The molecule has 1 saturated carbocycles. The second kappa shape index (κ2) is 6.14. The smallest absolute Gasteiger partial charge is 0.225 e. The summed E-state index contributed by atoms with van der Waals surface area (Å²) < 4.78 is 18.7. The van der Waals surface area contributed by atoms with Crippen molar-refractivity contribution in [2.45, 2.75) is 44.1 Å². The normalized spacial score (nSPS) is 24.1. The van der Waals surface area contributed by atoms with Gasteiger partial charge in [0.25, 0.3) is 0 Å². The second-order valence-corrected chi connectivity index (χ2v) is 6.34. The average molecular weight is 291 g/mol. The molecule has 0 spiro atoms. The van der Waals surface area contributed by atoms with E-state index in [9.17, 15) is 9.18 Å². The highest BCUT2D eigenvalue weighted by molar-refractivity contribution is 5.79. The van der Waals surface area contributed by atoms with E-state index in [1.807, 2.05) is 6.07 Å². The van der Waals surface area contributed by atoms with Gasteiger partial charge in [0.15, 0.2) is 0 Å². The Hall–Kier alpha value is -1.42. The molecule has 21 heavy (non-hydrogen) atoms. The van der Waals surface area contributed by atoms with Crippen LogP contribution in [-0.4, -0.2) is 24.7 Å². The molecular formula is C17H22FNO2. The maximum absolute atomic E-state index is 13.3. The molecule has 3 nitrogen and oxygen atoms in total. The van der Waals surface area contributed by atoms with Crippen LogP contribution in [0.5, 0.6) is 0 Å². The van der Waals surface area contributed by atoms with Crippen LogP contribution in [-0.2, 0) is 16.0 Å². The molecule has 1 aliphatic carbocycles. The fourth-order valence-corrected chi connectivity index (χ4v) is 3.30. The molecule has 1 amide bonds. The maximum atomic E-state index is 13.3. The lowest BCUT2D eigenvalue weighted by Gasteiger charge is -2.44. The van der Waals surface area contributed by atoms with E-state index in [4.69, 9.17) is 4.74 Å². The highest BCUT2D eigenvalue weighted by Crippen LogP contribution is 2.35. The van der Waals surface area contributed by atoms with Gasteiger partial charge in [0.2, 0.25) is 5.91 Å². The number of carbonyl (C=O) groups is 1. The molecular weight excluding hydrogens is 269 g/mol. The standard InChI is InChI=1S/C17H22FNO2/c18-15-6-1-4-13(10-15)11-17(7-3-8-17)19-16(20)14-5-2-9-21-12-14/h1,4,6,10,14H,2-3,5,7-9,11-12H2,(H,19,20)/t14-/m1/s1. The third kappa shape index (κ3) is 3.43. The van der Waals surface area contributed by atoms with Gasteiger partial charge in [-0.15, -0.1) is 0 Å². The predicted molar refractivity (Wildman–Crippen MR) is 78.4 cm³/mol. The van der Waals surface area contributed by atoms with Gasteiger partial charge in [-0.3, -0.25) is 4.79 Å². The fourth-order valence-electron chi connectivity index (χ4n) is 3.30. The first-order valence-corrected chi connectivity index (χ1v) is 7.81. The van der Waals surface area contributed by atoms with E-state index in [0.29, 0.717) is 13.0 Å². The third-order valence-corrected chi connectivity index (χ3v) is 4.66. The van der Waals surface area contributed by atoms with Crippen molar-refractivity contribution >= 4 is 5.91 Å². The van der Waals surface area contributed by atoms with Gasteiger partial charge in [-0.1, -0.05) is 12.1 Å². The van der Waals surface area contributed by atoms with E-state index in [0.717, 1.165) is 44.3 Å². The van der Waals surface area contributed by atoms with Crippen LogP contribution in [0, 0.1) is 11.7 Å². The zero-order valence-corrected chi connectivity index (χ0v) is 12.2. The van der Waals surface area contributed by atoms with Crippen LogP contribution in [0.4, 0.5) is 4.39 Å². The summed E-state index contributed by atoms with van der Waals surface area (Å²) in [5, 5.41) is 3.23. The van der Waals surface area contributed by atoms with E-state index >= 15 is 0 Å². The molecule has 1 aromatic rings. The van der Waals surface area contributed by atoms with Gasteiger partial charge in [0.05, 0.1) is 12.5 Å². The summed E-state index contributed by atoms with van der Waals surface area (Å²) >= 11 is 0. The summed E-state index contributed by atoms with van der Waals surface area (Å²) in [5.41, 5.74) is 0.775. The van der Waals surface area contributed by atoms with Crippen molar-refractivity contribution in [3.63, 3.8) is 0 Å². The average Bonchev–Trinajstić information content (AvgIpc) is 2.46. The monoisotopic (exact) mass is 291 g/mol. The molecule has 0 unspecified atom stereocenters. The minimum Gasteiger partial charge on any atom is -0.381 e. The number of halogens is 1. The molecule has 3 rings (SSSR count). The Balaban J connectivity index is 1.64. The van der Waals surface area contributed by atoms with Crippen molar-refractivity contribution in [2.75, 3.05) is 13.2 Å².